The Kier molecular flexibility index (Phi) is 2.55. The van der Waals surface area contributed by atoms with Gasteiger partial charge >= 0.3 is 5.97 Å². The van der Waals surface area contributed by atoms with Gasteiger partial charge in [0.05, 0.1) is 10.0 Å². The summed E-state index contributed by atoms with van der Waals surface area (Å²) in [5.74, 6) is -1.11. The second kappa shape index (κ2) is 3.29. The molecule has 5 heteroatoms. The smallest absolute Gasteiger partial charge is 0.354 e. The van der Waals surface area contributed by atoms with Crippen molar-refractivity contribution < 1.29 is 9.90 Å². The molecule has 0 radical (unpaired) electrons. The zero-order valence-corrected chi connectivity index (χ0v) is 7.65. The largest absolute Gasteiger partial charge is 0.477 e. The molecule has 0 aliphatic heterocycles. The maximum atomic E-state index is 10.5. The third-order valence-corrected chi connectivity index (χ3v) is 2.27. The lowest BCUT2D eigenvalue weighted by atomic mass is 10.2. The lowest BCUT2D eigenvalue weighted by Gasteiger charge is -2.02. The van der Waals surface area contributed by atoms with Crippen molar-refractivity contribution in [3.63, 3.8) is 0 Å². The minimum atomic E-state index is -1.11. The van der Waals surface area contributed by atoms with E-state index >= 15 is 0 Å². The first-order valence-corrected chi connectivity index (χ1v) is 3.83. The molecule has 0 spiro atoms. The summed E-state index contributed by atoms with van der Waals surface area (Å²) in [6, 6.07) is 0. The van der Waals surface area contributed by atoms with Crippen LogP contribution in [-0.2, 0) is 0 Å². The summed E-state index contributed by atoms with van der Waals surface area (Å²) in [4.78, 5) is 14.1. The maximum absolute atomic E-state index is 10.5. The highest BCUT2D eigenvalue weighted by Crippen LogP contribution is 2.25. The van der Waals surface area contributed by atoms with Crippen molar-refractivity contribution in [2.75, 3.05) is 0 Å². The van der Waals surface area contributed by atoms with Gasteiger partial charge in [-0.05, 0) is 6.92 Å². The van der Waals surface area contributed by atoms with Gasteiger partial charge in [0, 0.05) is 11.8 Å². The molecule has 1 aromatic heterocycles. The van der Waals surface area contributed by atoms with E-state index in [-0.39, 0.29) is 15.7 Å². The van der Waals surface area contributed by atoms with E-state index in [1.807, 2.05) is 0 Å². The van der Waals surface area contributed by atoms with Crippen LogP contribution in [0.25, 0.3) is 0 Å². The van der Waals surface area contributed by atoms with Crippen LogP contribution in [0.4, 0.5) is 0 Å². The second-order valence-corrected chi connectivity index (χ2v) is 2.98. The van der Waals surface area contributed by atoms with E-state index < -0.39 is 5.97 Å². The summed E-state index contributed by atoms with van der Waals surface area (Å²) >= 11 is 11.3. The number of hydrogen-bond acceptors (Lipinski definition) is 2. The number of aromatic carboxylic acids is 1. The molecule has 64 valence electrons. The average Bonchev–Trinajstić information content (AvgIpc) is 2.00. The number of halogens is 2. The van der Waals surface area contributed by atoms with Gasteiger partial charge in [-0.3, -0.25) is 0 Å². The minimum absolute atomic E-state index is 0.0654. The topological polar surface area (TPSA) is 50.2 Å². The van der Waals surface area contributed by atoms with E-state index in [2.05, 4.69) is 4.98 Å². The van der Waals surface area contributed by atoms with Gasteiger partial charge in [-0.1, -0.05) is 23.2 Å². The quantitative estimate of drug-likeness (QED) is 0.767. The van der Waals surface area contributed by atoms with Gasteiger partial charge in [0.2, 0.25) is 0 Å². The fraction of sp³-hybridized carbons (Fsp3) is 0.143. The SMILES string of the molecule is Cc1c(C(=O)O)ncc(Cl)c1Cl. The summed E-state index contributed by atoms with van der Waals surface area (Å²) in [6.45, 7) is 1.56. The van der Waals surface area contributed by atoms with Crippen LogP contribution < -0.4 is 0 Å². The molecule has 0 aliphatic rings. The van der Waals surface area contributed by atoms with Crippen molar-refractivity contribution >= 4 is 29.2 Å². The Bertz CT molecular complexity index is 338. The van der Waals surface area contributed by atoms with Crippen molar-refractivity contribution in [3.05, 3.63) is 27.5 Å². The molecule has 0 saturated carbocycles. The van der Waals surface area contributed by atoms with E-state index in [4.69, 9.17) is 28.3 Å². The molecule has 1 heterocycles. The number of rotatable bonds is 1. The first kappa shape index (κ1) is 9.29. The number of hydrogen-bond donors (Lipinski definition) is 1. The highest BCUT2D eigenvalue weighted by Gasteiger charge is 2.13. The maximum Gasteiger partial charge on any atom is 0.354 e. The Morgan fingerprint density at radius 3 is 2.67 bits per heavy atom. The van der Waals surface area contributed by atoms with Crippen LogP contribution in [0.1, 0.15) is 16.1 Å². The fourth-order valence-corrected chi connectivity index (χ4v) is 1.10. The van der Waals surface area contributed by atoms with Gasteiger partial charge in [0.15, 0.2) is 5.69 Å². The summed E-state index contributed by atoms with van der Waals surface area (Å²) in [7, 11) is 0. The lowest BCUT2D eigenvalue weighted by molar-refractivity contribution is 0.0689. The summed E-state index contributed by atoms with van der Waals surface area (Å²) in [5, 5.41) is 9.12. The van der Waals surface area contributed by atoms with Gasteiger partial charge in [0.25, 0.3) is 0 Å². The molecule has 0 bridgehead atoms. The number of carboxylic acids is 1. The third kappa shape index (κ3) is 1.52. The predicted octanol–water partition coefficient (Wildman–Crippen LogP) is 2.40. The molecule has 0 saturated heterocycles. The molecule has 0 atom stereocenters. The Balaban J connectivity index is 3.36. The molecule has 0 fully saturated rings. The highest BCUT2D eigenvalue weighted by molar-refractivity contribution is 6.42. The second-order valence-electron chi connectivity index (χ2n) is 2.20. The van der Waals surface area contributed by atoms with Gasteiger partial charge in [-0.25, -0.2) is 9.78 Å². The van der Waals surface area contributed by atoms with Crippen LogP contribution in [0, 0.1) is 6.92 Å². The summed E-state index contributed by atoms with van der Waals surface area (Å²) in [6.07, 6.45) is 1.22. The van der Waals surface area contributed by atoms with Crippen molar-refractivity contribution in [3.8, 4) is 0 Å². The fourth-order valence-electron chi connectivity index (χ4n) is 0.773. The van der Waals surface area contributed by atoms with Crippen LogP contribution in [0.15, 0.2) is 6.20 Å². The number of pyridine rings is 1. The standard InChI is InChI=1S/C7H5Cl2NO2/c1-3-5(9)4(8)2-10-6(3)7(11)12/h2H,1H3,(H,11,12). The molecule has 0 unspecified atom stereocenters. The van der Waals surface area contributed by atoms with Gasteiger partial charge in [-0.15, -0.1) is 0 Å². The van der Waals surface area contributed by atoms with Gasteiger partial charge in [0.1, 0.15) is 0 Å². The first-order valence-electron chi connectivity index (χ1n) is 3.08. The van der Waals surface area contributed by atoms with Crippen molar-refractivity contribution in [2.24, 2.45) is 0 Å². The van der Waals surface area contributed by atoms with E-state index in [1.54, 1.807) is 6.92 Å². The molecule has 1 N–H and O–H groups in total. The molecular weight excluding hydrogens is 201 g/mol. The molecule has 1 rings (SSSR count). The number of carboxylic acid groups (broad SMARTS) is 1. The first-order chi connectivity index (χ1) is 5.54. The zero-order chi connectivity index (χ0) is 9.30. The summed E-state index contributed by atoms with van der Waals surface area (Å²) < 4.78 is 0. The van der Waals surface area contributed by atoms with Crippen LogP contribution in [-0.4, -0.2) is 16.1 Å². The Hall–Kier alpha value is -0.800. The van der Waals surface area contributed by atoms with Crippen LogP contribution in [0.5, 0.6) is 0 Å². The van der Waals surface area contributed by atoms with Crippen molar-refractivity contribution in [1.82, 2.24) is 4.98 Å². The van der Waals surface area contributed by atoms with E-state index in [1.165, 1.54) is 6.20 Å². The molecule has 0 aliphatic carbocycles. The Labute approximate surface area is 78.9 Å². The van der Waals surface area contributed by atoms with Crippen LogP contribution in [0.2, 0.25) is 10.0 Å². The van der Waals surface area contributed by atoms with Gasteiger partial charge in [-0.2, -0.15) is 0 Å². The molecule has 12 heavy (non-hydrogen) atoms. The number of nitrogens with zero attached hydrogens (tertiary/aromatic N) is 1. The molecule has 0 aromatic carbocycles. The third-order valence-electron chi connectivity index (χ3n) is 1.40. The van der Waals surface area contributed by atoms with Gasteiger partial charge < -0.3 is 5.11 Å². The average molecular weight is 206 g/mol. The normalized spacial score (nSPS) is 9.92. The van der Waals surface area contributed by atoms with Crippen LogP contribution in [0.3, 0.4) is 0 Å². The molecule has 1 aromatic rings. The summed E-state index contributed by atoms with van der Waals surface area (Å²) in [5.41, 5.74) is 0.320. The van der Waals surface area contributed by atoms with Crippen LogP contribution >= 0.6 is 23.2 Å². The minimum Gasteiger partial charge on any atom is -0.477 e. The monoisotopic (exact) mass is 205 g/mol. The van der Waals surface area contributed by atoms with E-state index in [0.717, 1.165) is 0 Å². The lowest BCUT2D eigenvalue weighted by Crippen LogP contribution is -2.03. The molecule has 0 amide bonds. The molecular formula is C7H5Cl2NO2. The van der Waals surface area contributed by atoms with E-state index in [0.29, 0.717) is 5.56 Å². The number of carbonyl (C=O) groups is 1. The Morgan fingerprint density at radius 1 is 1.58 bits per heavy atom. The van der Waals surface area contributed by atoms with Crippen molar-refractivity contribution in [2.45, 2.75) is 6.92 Å². The number of aromatic nitrogens is 1. The predicted molar refractivity (Wildman–Crippen MR) is 46.0 cm³/mol. The van der Waals surface area contributed by atoms with Crippen molar-refractivity contribution in [1.29, 1.82) is 0 Å². The highest BCUT2D eigenvalue weighted by atomic mass is 35.5. The van der Waals surface area contributed by atoms with E-state index in [9.17, 15) is 4.79 Å². The molecule has 3 nitrogen and oxygen atoms in total. The zero-order valence-electron chi connectivity index (χ0n) is 6.14. The Morgan fingerprint density at radius 2 is 2.17 bits per heavy atom.